The summed E-state index contributed by atoms with van der Waals surface area (Å²) in [5.74, 6) is 1.29. The first-order valence-corrected chi connectivity index (χ1v) is 8.17. The average molecular weight is 268 g/mol. The van der Waals surface area contributed by atoms with E-state index in [4.69, 9.17) is 0 Å². The lowest BCUT2D eigenvalue weighted by molar-refractivity contribution is 0.0909. The topological polar surface area (TPSA) is 0 Å². The van der Waals surface area contributed by atoms with Gasteiger partial charge in [0.1, 0.15) is 0 Å². The molecule has 0 amide bonds. The third-order valence-corrected chi connectivity index (χ3v) is 5.87. The molecule has 2 atom stereocenters. The molecule has 0 aliphatic heterocycles. The lowest BCUT2D eigenvalue weighted by Crippen LogP contribution is -2.45. The zero-order valence-corrected chi connectivity index (χ0v) is 13.7. The van der Waals surface area contributed by atoms with Crippen LogP contribution >= 0.6 is 0 Å². The SMILES string of the molecule is CC(C)c1ccc2c(c1)C=C[C@H]1C(C)(C)CCC[C@]21C. The lowest BCUT2D eigenvalue weighted by atomic mass is 9.52. The summed E-state index contributed by atoms with van der Waals surface area (Å²) in [5.41, 5.74) is 5.28. The van der Waals surface area contributed by atoms with E-state index >= 15 is 0 Å². The van der Waals surface area contributed by atoms with Crippen molar-refractivity contribution in [2.24, 2.45) is 11.3 Å². The van der Waals surface area contributed by atoms with Gasteiger partial charge in [0.05, 0.1) is 0 Å². The van der Waals surface area contributed by atoms with Crippen LogP contribution in [0, 0.1) is 11.3 Å². The second kappa shape index (κ2) is 4.48. The predicted molar refractivity (Wildman–Crippen MR) is 88.0 cm³/mol. The third kappa shape index (κ3) is 1.96. The van der Waals surface area contributed by atoms with Gasteiger partial charge in [-0.05, 0) is 52.2 Å². The van der Waals surface area contributed by atoms with E-state index in [0.717, 1.165) is 0 Å². The molecule has 2 aliphatic carbocycles. The molecule has 0 bridgehead atoms. The highest BCUT2D eigenvalue weighted by molar-refractivity contribution is 5.62. The standard InChI is InChI=1S/C20H28/c1-14(2)15-7-9-17-16(13-15)8-10-18-19(3,4)11-6-12-20(17,18)5/h7-10,13-14,18H,6,11-12H2,1-5H3/t18-,20+/m0/s1. The molecule has 1 aromatic carbocycles. The van der Waals surface area contributed by atoms with E-state index in [1.54, 1.807) is 5.56 Å². The van der Waals surface area contributed by atoms with Crippen LogP contribution in [0.1, 0.15) is 76.5 Å². The van der Waals surface area contributed by atoms with Crippen LogP contribution in [0.25, 0.3) is 6.08 Å². The van der Waals surface area contributed by atoms with Crippen molar-refractivity contribution in [1.29, 1.82) is 0 Å². The molecule has 0 aromatic heterocycles. The molecule has 1 fully saturated rings. The van der Waals surface area contributed by atoms with Crippen LogP contribution in [-0.2, 0) is 5.41 Å². The van der Waals surface area contributed by atoms with E-state index < -0.39 is 0 Å². The van der Waals surface area contributed by atoms with Crippen molar-refractivity contribution < 1.29 is 0 Å². The van der Waals surface area contributed by atoms with Gasteiger partial charge in [-0.1, -0.05) is 71.4 Å². The minimum Gasteiger partial charge on any atom is -0.0794 e. The molecule has 0 spiro atoms. The number of fused-ring (bicyclic) bond motifs is 3. The predicted octanol–water partition coefficient (Wildman–Crippen LogP) is 5.92. The highest BCUT2D eigenvalue weighted by Crippen LogP contribution is 2.55. The van der Waals surface area contributed by atoms with Gasteiger partial charge in [0.15, 0.2) is 0 Å². The molecule has 0 radical (unpaired) electrons. The van der Waals surface area contributed by atoms with Crippen molar-refractivity contribution in [3.8, 4) is 0 Å². The van der Waals surface area contributed by atoms with Crippen LogP contribution in [-0.4, -0.2) is 0 Å². The van der Waals surface area contributed by atoms with Crippen LogP contribution in [0.3, 0.4) is 0 Å². The van der Waals surface area contributed by atoms with E-state index in [-0.39, 0.29) is 0 Å². The van der Waals surface area contributed by atoms with E-state index in [2.05, 4.69) is 65.0 Å². The Morgan fingerprint density at radius 1 is 1.10 bits per heavy atom. The van der Waals surface area contributed by atoms with Crippen molar-refractivity contribution in [1.82, 2.24) is 0 Å². The Hall–Kier alpha value is -1.04. The largest absolute Gasteiger partial charge is 0.0794 e. The van der Waals surface area contributed by atoms with E-state index in [1.165, 1.54) is 30.4 Å². The molecule has 3 rings (SSSR count). The minimum absolute atomic E-state index is 0.335. The van der Waals surface area contributed by atoms with Crippen molar-refractivity contribution in [2.45, 2.75) is 65.2 Å². The summed E-state index contributed by atoms with van der Waals surface area (Å²) >= 11 is 0. The molecule has 20 heavy (non-hydrogen) atoms. The summed E-state index contributed by atoms with van der Waals surface area (Å²) in [7, 11) is 0. The Morgan fingerprint density at radius 2 is 1.85 bits per heavy atom. The van der Waals surface area contributed by atoms with Gasteiger partial charge in [-0.2, -0.15) is 0 Å². The molecular formula is C20H28. The summed E-state index contributed by atoms with van der Waals surface area (Å²) in [6, 6.07) is 7.19. The molecule has 0 nitrogen and oxygen atoms in total. The molecule has 0 heteroatoms. The maximum absolute atomic E-state index is 2.51. The number of hydrogen-bond acceptors (Lipinski definition) is 0. The molecule has 0 saturated heterocycles. The van der Waals surface area contributed by atoms with Gasteiger partial charge in [-0.3, -0.25) is 0 Å². The molecular weight excluding hydrogens is 240 g/mol. The van der Waals surface area contributed by atoms with Crippen molar-refractivity contribution in [3.05, 3.63) is 41.0 Å². The van der Waals surface area contributed by atoms with Crippen LogP contribution in [0.5, 0.6) is 0 Å². The second-order valence-electron chi connectivity index (χ2n) is 8.10. The van der Waals surface area contributed by atoms with Crippen LogP contribution < -0.4 is 0 Å². The van der Waals surface area contributed by atoms with Crippen molar-refractivity contribution >= 4 is 6.08 Å². The Labute approximate surface area is 124 Å². The first-order chi connectivity index (χ1) is 9.34. The van der Waals surface area contributed by atoms with Gasteiger partial charge in [-0.15, -0.1) is 0 Å². The van der Waals surface area contributed by atoms with E-state index in [9.17, 15) is 0 Å². The Balaban J connectivity index is 2.11. The number of hydrogen-bond donors (Lipinski definition) is 0. The summed E-state index contributed by atoms with van der Waals surface area (Å²) < 4.78 is 0. The van der Waals surface area contributed by atoms with E-state index in [1.807, 2.05) is 0 Å². The van der Waals surface area contributed by atoms with Gasteiger partial charge in [0.2, 0.25) is 0 Å². The van der Waals surface area contributed by atoms with Crippen LogP contribution in [0.4, 0.5) is 0 Å². The lowest BCUT2D eigenvalue weighted by Gasteiger charge is -2.52. The van der Waals surface area contributed by atoms with Crippen LogP contribution in [0.15, 0.2) is 24.3 Å². The second-order valence-corrected chi connectivity index (χ2v) is 8.10. The average Bonchev–Trinajstić information content (AvgIpc) is 2.37. The maximum atomic E-state index is 2.51. The quantitative estimate of drug-likeness (QED) is 0.593. The van der Waals surface area contributed by atoms with Gasteiger partial charge < -0.3 is 0 Å². The minimum atomic E-state index is 0.335. The highest BCUT2D eigenvalue weighted by atomic mass is 14.5. The first-order valence-electron chi connectivity index (χ1n) is 8.17. The van der Waals surface area contributed by atoms with Gasteiger partial charge in [-0.25, -0.2) is 0 Å². The highest BCUT2D eigenvalue weighted by Gasteiger charge is 2.47. The van der Waals surface area contributed by atoms with Crippen molar-refractivity contribution in [2.75, 3.05) is 0 Å². The number of allylic oxidation sites excluding steroid dienone is 1. The Bertz CT molecular complexity index is 547. The fraction of sp³-hybridized carbons (Fsp3) is 0.600. The van der Waals surface area contributed by atoms with Crippen molar-refractivity contribution in [3.63, 3.8) is 0 Å². The summed E-state index contributed by atoms with van der Waals surface area (Å²) in [6.07, 6.45) is 8.95. The normalized spacial score (nSPS) is 31.0. The fourth-order valence-corrected chi connectivity index (χ4v) is 4.66. The Morgan fingerprint density at radius 3 is 2.55 bits per heavy atom. The maximum Gasteiger partial charge on any atom is -0.000141 e. The number of rotatable bonds is 1. The van der Waals surface area contributed by atoms with Gasteiger partial charge in [0, 0.05) is 0 Å². The van der Waals surface area contributed by atoms with Crippen LogP contribution in [0.2, 0.25) is 0 Å². The molecule has 2 aliphatic rings. The van der Waals surface area contributed by atoms with Gasteiger partial charge >= 0.3 is 0 Å². The van der Waals surface area contributed by atoms with Gasteiger partial charge in [0.25, 0.3) is 0 Å². The molecule has 1 aromatic rings. The Kier molecular flexibility index (Phi) is 3.12. The summed E-state index contributed by atoms with van der Waals surface area (Å²) in [6.45, 7) is 12.0. The first kappa shape index (κ1) is 13.9. The molecule has 0 heterocycles. The third-order valence-electron chi connectivity index (χ3n) is 5.87. The summed E-state index contributed by atoms with van der Waals surface area (Å²) in [5, 5.41) is 0. The molecule has 0 N–H and O–H groups in total. The fourth-order valence-electron chi connectivity index (χ4n) is 4.66. The number of benzene rings is 1. The smallest absolute Gasteiger partial charge is 0.000141 e. The molecule has 108 valence electrons. The monoisotopic (exact) mass is 268 g/mol. The summed E-state index contributed by atoms with van der Waals surface area (Å²) in [4.78, 5) is 0. The molecule has 1 saturated carbocycles. The zero-order valence-electron chi connectivity index (χ0n) is 13.7. The van der Waals surface area contributed by atoms with E-state index in [0.29, 0.717) is 22.7 Å². The molecule has 0 unspecified atom stereocenters. The zero-order chi connectivity index (χ0) is 14.5.